The number of rotatable bonds is 2. The smallest absolute Gasteiger partial charge is 0.133 e. The van der Waals surface area contributed by atoms with Crippen LogP contribution in [-0.2, 0) is 4.79 Å². The minimum absolute atomic E-state index is 0.347. The van der Waals surface area contributed by atoms with Crippen molar-refractivity contribution in [2.45, 2.75) is 0 Å². The van der Waals surface area contributed by atoms with Crippen LogP contribution in [0.25, 0.3) is 0 Å². The molecule has 0 heterocycles. The van der Waals surface area contributed by atoms with Gasteiger partial charge in [-0.15, -0.1) is 0 Å². The van der Waals surface area contributed by atoms with Crippen molar-refractivity contribution in [2.24, 2.45) is 0 Å². The summed E-state index contributed by atoms with van der Waals surface area (Å²) < 4.78 is 0. The molecule has 29 valence electrons. The Hall–Kier alpha value is -0.370. The van der Waals surface area contributed by atoms with Crippen LogP contribution in [0.5, 0.6) is 0 Å². The molecule has 0 aliphatic carbocycles. The summed E-state index contributed by atoms with van der Waals surface area (Å²) in [5.74, 6) is 0. The second-order valence-corrected chi connectivity index (χ2v) is 0.621. The van der Waals surface area contributed by atoms with E-state index in [0.29, 0.717) is 6.54 Å². The van der Waals surface area contributed by atoms with Crippen molar-refractivity contribution in [3.05, 3.63) is 7.05 Å². The predicted molar refractivity (Wildman–Crippen MR) is 19.4 cm³/mol. The number of carbonyl (C=O) groups is 1. The predicted octanol–water partition coefficient (Wildman–Crippen LogP) is -0.434. The molecular formula is C3H6NO. The van der Waals surface area contributed by atoms with E-state index in [1.54, 1.807) is 0 Å². The summed E-state index contributed by atoms with van der Waals surface area (Å²) in [5, 5.41) is 2.40. The van der Waals surface area contributed by atoms with Crippen LogP contribution in [0.3, 0.4) is 0 Å². The molecule has 0 spiro atoms. The molecule has 0 fully saturated rings. The lowest BCUT2D eigenvalue weighted by molar-refractivity contribution is -0.107. The topological polar surface area (TPSA) is 29.1 Å². The zero-order valence-corrected chi connectivity index (χ0v) is 2.90. The molecule has 0 aromatic carbocycles. The van der Waals surface area contributed by atoms with Gasteiger partial charge < -0.3 is 10.1 Å². The quantitative estimate of drug-likeness (QED) is 0.448. The Kier molecular flexibility index (Phi) is 3.36. The number of hydrogen-bond acceptors (Lipinski definition) is 2. The van der Waals surface area contributed by atoms with E-state index in [9.17, 15) is 4.79 Å². The number of carbonyl (C=O) groups excluding carboxylic acids is 1. The van der Waals surface area contributed by atoms with Crippen LogP contribution in [0, 0.1) is 7.05 Å². The van der Waals surface area contributed by atoms with Crippen LogP contribution in [0.2, 0.25) is 0 Å². The maximum atomic E-state index is 9.30. The standard InChI is InChI=1S/C3H6NO/c1-4-2-3-5/h3-4H,1-2H2. The van der Waals surface area contributed by atoms with E-state index in [1.807, 2.05) is 0 Å². The second-order valence-electron chi connectivity index (χ2n) is 0.621. The first kappa shape index (κ1) is 4.63. The van der Waals surface area contributed by atoms with Gasteiger partial charge in [0.2, 0.25) is 0 Å². The lowest BCUT2D eigenvalue weighted by atomic mass is 10.7. The van der Waals surface area contributed by atoms with Gasteiger partial charge >= 0.3 is 0 Å². The SMILES string of the molecule is [CH2]NCC=O. The maximum absolute atomic E-state index is 9.30. The Bertz CT molecular complexity index is 28.1. The van der Waals surface area contributed by atoms with Gasteiger partial charge in [0.1, 0.15) is 6.29 Å². The molecule has 0 saturated heterocycles. The van der Waals surface area contributed by atoms with E-state index in [1.165, 1.54) is 0 Å². The fourth-order valence-electron chi connectivity index (χ4n) is 0.0589. The van der Waals surface area contributed by atoms with E-state index in [4.69, 9.17) is 0 Å². The number of aldehydes is 1. The van der Waals surface area contributed by atoms with E-state index in [2.05, 4.69) is 12.4 Å². The highest BCUT2D eigenvalue weighted by Crippen LogP contribution is 1.35. The van der Waals surface area contributed by atoms with Gasteiger partial charge in [-0.2, -0.15) is 0 Å². The summed E-state index contributed by atoms with van der Waals surface area (Å²) in [7, 11) is 3.19. The van der Waals surface area contributed by atoms with Gasteiger partial charge in [-0.1, -0.05) is 0 Å². The molecule has 0 aliphatic heterocycles. The molecule has 0 aromatic rings. The molecular weight excluding hydrogens is 66.0 g/mol. The summed E-state index contributed by atoms with van der Waals surface area (Å²) >= 11 is 0. The van der Waals surface area contributed by atoms with Gasteiger partial charge in [0, 0.05) is 7.05 Å². The number of nitrogens with one attached hydrogen (secondary N) is 1. The summed E-state index contributed by atoms with van der Waals surface area (Å²) in [5.41, 5.74) is 0. The summed E-state index contributed by atoms with van der Waals surface area (Å²) in [6, 6.07) is 0. The third-order valence-corrected chi connectivity index (χ3v) is 0.228. The van der Waals surface area contributed by atoms with Crippen LogP contribution < -0.4 is 5.32 Å². The van der Waals surface area contributed by atoms with Crippen LogP contribution >= 0.6 is 0 Å². The Morgan fingerprint density at radius 3 is 2.60 bits per heavy atom. The normalized spacial score (nSPS) is 7.40. The molecule has 0 amide bonds. The third-order valence-electron chi connectivity index (χ3n) is 0.228. The average molecular weight is 72.1 g/mol. The second kappa shape index (κ2) is 3.63. The maximum Gasteiger partial charge on any atom is 0.133 e. The molecule has 1 radical (unpaired) electrons. The minimum Gasteiger partial charge on any atom is -0.309 e. The van der Waals surface area contributed by atoms with Crippen molar-refractivity contribution in [1.29, 1.82) is 0 Å². The summed E-state index contributed by atoms with van der Waals surface area (Å²) in [6.45, 7) is 0.347. The summed E-state index contributed by atoms with van der Waals surface area (Å²) in [4.78, 5) is 9.30. The van der Waals surface area contributed by atoms with Crippen LogP contribution in [0.4, 0.5) is 0 Å². The first-order valence-electron chi connectivity index (χ1n) is 1.35. The monoisotopic (exact) mass is 72.0 g/mol. The highest BCUT2D eigenvalue weighted by Gasteiger charge is 1.63. The van der Waals surface area contributed by atoms with Crippen molar-refractivity contribution >= 4 is 6.29 Å². The molecule has 0 aliphatic rings. The lowest BCUT2D eigenvalue weighted by Gasteiger charge is -1.75. The van der Waals surface area contributed by atoms with Gasteiger partial charge in [0.25, 0.3) is 0 Å². The molecule has 0 aromatic heterocycles. The lowest BCUT2D eigenvalue weighted by Crippen LogP contribution is -2.04. The molecule has 5 heavy (non-hydrogen) atoms. The van der Waals surface area contributed by atoms with Crippen LogP contribution in [0.1, 0.15) is 0 Å². The Morgan fingerprint density at radius 1 is 2.00 bits per heavy atom. The molecule has 2 heteroatoms. The largest absolute Gasteiger partial charge is 0.309 e. The van der Waals surface area contributed by atoms with E-state index in [0.717, 1.165) is 6.29 Å². The van der Waals surface area contributed by atoms with E-state index >= 15 is 0 Å². The Labute approximate surface area is 31.2 Å². The van der Waals surface area contributed by atoms with Crippen molar-refractivity contribution in [3.8, 4) is 0 Å². The van der Waals surface area contributed by atoms with Crippen molar-refractivity contribution in [2.75, 3.05) is 6.54 Å². The zero-order valence-electron chi connectivity index (χ0n) is 2.90. The molecule has 0 saturated carbocycles. The minimum atomic E-state index is 0.347. The van der Waals surface area contributed by atoms with Gasteiger partial charge in [-0.3, -0.25) is 0 Å². The van der Waals surface area contributed by atoms with Crippen LogP contribution in [0.15, 0.2) is 0 Å². The van der Waals surface area contributed by atoms with Gasteiger partial charge in [0.05, 0.1) is 6.54 Å². The molecule has 0 atom stereocenters. The Balaban J connectivity index is 2.40. The third kappa shape index (κ3) is 3.63. The van der Waals surface area contributed by atoms with Crippen LogP contribution in [-0.4, -0.2) is 12.8 Å². The first-order chi connectivity index (χ1) is 2.41. The molecule has 0 bridgehead atoms. The average Bonchev–Trinajstić information content (AvgIpc) is 1.41. The molecule has 0 unspecified atom stereocenters. The van der Waals surface area contributed by atoms with Gasteiger partial charge in [-0.05, 0) is 0 Å². The molecule has 2 nitrogen and oxygen atoms in total. The zero-order chi connectivity index (χ0) is 4.12. The van der Waals surface area contributed by atoms with E-state index in [-0.39, 0.29) is 0 Å². The van der Waals surface area contributed by atoms with E-state index < -0.39 is 0 Å². The molecule has 0 rings (SSSR count). The van der Waals surface area contributed by atoms with Gasteiger partial charge in [-0.25, -0.2) is 0 Å². The molecule has 1 N–H and O–H groups in total. The highest BCUT2D eigenvalue weighted by atomic mass is 16.1. The first-order valence-corrected chi connectivity index (χ1v) is 1.35. The highest BCUT2D eigenvalue weighted by molar-refractivity contribution is 5.51. The van der Waals surface area contributed by atoms with Gasteiger partial charge in [0.15, 0.2) is 0 Å². The van der Waals surface area contributed by atoms with Crippen molar-refractivity contribution in [1.82, 2.24) is 5.32 Å². The number of hydrogen-bond donors (Lipinski definition) is 1. The van der Waals surface area contributed by atoms with Crippen molar-refractivity contribution in [3.63, 3.8) is 0 Å². The Morgan fingerprint density at radius 2 is 2.60 bits per heavy atom. The fraction of sp³-hybridized carbons (Fsp3) is 0.333. The van der Waals surface area contributed by atoms with Crippen molar-refractivity contribution < 1.29 is 4.79 Å². The summed E-state index contributed by atoms with van der Waals surface area (Å²) in [6.07, 6.45) is 0.757. The fourth-order valence-corrected chi connectivity index (χ4v) is 0.0589.